The van der Waals surface area contributed by atoms with Gasteiger partial charge >= 0.3 is 0 Å². The average Bonchev–Trinajstić information content (AvgIpc) is 2.54. The molecule has 4 heteroatoms. The predicted octanol–water partition coefficient (Wildman–Crippen LogP) is 2.25. The fourth-order valence-corrected chi connectivity index (χ4v) is 1.84. The predicted molar refractivity (Wildman–Crippen MR) is 56.0 cm³/mol. The second-order valence-corrected chi connectivity index (χ2v) is 3.82. The molecular formula is C11H13FN2O. The van der Waals surface area contributed by atoms with Gasteiger partial charge in [-0.25, -0.2) is 9.37 Å². The fraction of sp³-hybridized carbons (Fsp3) is 0.364. The molecule has 0 saturated carbocycles. The van der Waals surface area contributed by atoms with Crippen molar-refractivity contribution in [3.05, 3.63) is 29.8 Å². The molecule has 0 aliphatic heterocycles. The molecule has 0 spiro atoms. The highest BCUT2D eigenvalue weighted by atomic mass is 19.1. The Labute approximate surface area is 87.2 Å². The number of hydrogen-bond donors (Lipinski definition) is 1. The van der Waals surface area contributed by atoms with Crippen molar-refractivity contribution in [1.82, 2.24) is 9.55 Å². The maximum Gasteiger partial charge on any atom is 0.142 e. The highest BCUT2D eigenvalue weighted by molar-refractivity contribution is 5.77. The van der Waals surface area contributed by atoms with Crippen LogP contribution in [0.1, 0.15) is 25.6 Å². The van der Waals surface area contributed by atoms with Crippen LogP contribution in [0, 0.1) is 5.82 Å². The summed E-state index contributed by atoms with van der Waals surface area (Å²) in [6.07, 6.45) is 1.20. The number of aliphatic hydroxyl groups is 1. The summed E-state index contributed by atoms with van der Waals surface area (Å²) in [5.41, 5.74) is 1.48. The number of nitrogens with zero attached hydrogens (tertiary/aromatic N) is 2. The van der Waals surface area contributed by atoms with Gasteiger partial charge in [-0.05, 0) is 26.0 Å². The van der Waals surface area contributed by atoms with Gasteiger partial charge in [0.1, 0.15) is 11.5 Å². The summed E-state index contributed by atoms with van der Waals surface area (Å²) in [7, 11) is 0. The molecule has 15 heavy (non-hydrogen) atoms. The molecule has 1 N–H and O–H groups in total. The first-order valence-electron chi connectivity index (χ1n) is 4.89. The van der Waals surface area contributed by atoms with E-state index in [1.54, 1.807) is 6.07 Å². The van der Waals surface area contributed by atoms with Crippen LogP contribution in [-0.4, -0.2) is 14.7 Å². The Morgan fingerprint density at radius 3 is 2.80 bits per heavy atom. The van der Waals surface area contributed by atoms with Crippen molar-refractivity contribution >= 4 is 11.0 Å². The van der Waals surface area contributed by atoms with E-state index in [9.17, 15) is 9.50 Å². The summed E-state index contributed by atoms with van der Waals surface area (Å²) in [4.78, 5) is 4.05. The Balaban J connectivity index is 2.74. The lowest BCUT2D eigenvalue weighted by atomic mass is 10.3. The van der Waals surface area contributed by atoms with E-state index < -0.39 is 0 Å². The highest BCUT2D eigenvalue weighted by Crippen LogP contribution is 2.22. The van der Waals surface area contributed by atoms with Gasteiger partial charge < -0.3 is 9.67 Å². The molecule has 80 valence electrons. The zero-order valence-corrected chi connectivity index (χ0v) is 8.74. The Morgan fingerprint density at radius 2 is 2.20 bits per heavy atom. The molecule has 0 fully saturated rings. The molecule has 0 bridgehead atoms. The van der Waals surface area contributed by atoms with Gasteiger partial charge in [-0.2, -0.15) is 0 Å². The van der Waals surface area contributed by atoms with Crippen LogP contribution in [0.2, 0.25) is 0 Å². The number of aliphatic hydroxyl groups excluding tert-OH is 1. The zero-order valence-electron chi connectivity index (χ0n) is 8.74. The first-order valence-corrected chi connectivity index (χ1v) is 4.89. The molecule has 0 radical (unpaired) electrons. The average molecular weight is 208 g/mol. The number of halogens is 1. The smallest absolute Gasteiger partial charge is 0.142 e. The van der Waals surface area contributed by atoms with Crippen molar-refractivity contribution in [3.8, 4) is 0 Å². The zero-order chi connectivity index (χ0) is 11.0. The van der Waals surface area contributed by atoms with Crippen LogP contribution in [0.5, 0.6) is 0 Å². The van der Waals surface area contributed by atoms with Crippen molar-refractivity contribution in [2.45, 2.75) is 26.5 Å². The van der Waals surface area contributed by atoms with Crippen molar-refractivity contribution in [1.29, 1.82) is 0 Å². The van der Waals surface area contributed by atoms with Gasteiger partial charge in [0.15, 0.2) is 0 Å². The summed E-state index contributed by atoms with van der Waals surface area (Å²) in [5, 5.41) is 9.92. The molecule has 0 aromatic carbocycles. The first kappa shape index (κ1) is 10.1. The third-order valence-corrected chi connectivity index (χ3v) is 2.40. The molecule has 0 saturated heterocycles. The standard InChI is InChI=1S/C11H13FN2O/c1-7(2)14-10(6-15)4-8-3-9(12)5-13-11(8)14/h3-5,7,15H,6H2,1-2H3. The van der Waals surface area contributed by atoms with Crippen LogP contribution < -0.4 is 0 Å². The maximum absolute atomic E-state index is 12.9. The van der Waals surface area contributed by atoms with Crippen LogP contribution in [0.15, 0.2) is 18.3 Å². The minimum absolute atomic E-state index is 0.0594. The van der Waals surface area contributed by atoms with Crippen LogP contribution in [0.3, 0.4) is 0 Å². The maximum atomic E-state index is 12.9. The van der Waals surface area contributed by atoms with Crippen LogP contribution in [-0.2, 0) is 6.61 Å². The molecule has 2 aromatic heterocycles. The second-order valence-electron chi connectivity index (χ2n) is 3.82. The Morgan fingerprint density at radius 1 is 1.47 bits per heavy atom. The summed E-state index contributed by atoms with van der Waals surface area (Å²) in [6, 6.07) is 3.40. The number of rotatable bonds is 2. The molecule has 0 aliphatic carbocycles. The van der Waals surface area contributed by atoms with E-state index in [2.05, 4.69) is 4.98 Å². The summed E-state index contributed by atoms with van der Waals surface area (Å²) in [5.74, 6) is -0.354. The Hall–Kier alpha value is -1.42. The van der Waals surface area contributed by atoms with Crippen LogP contribution >= 0.6 is 0 Å². The lowest BCUT2D eigenvalue weighted by Gasteiger charge is -2.12. The number of aromatic nitrogens is 2. The lowest BCUT2D eigenvalue weighted by molar-refractivity contribution is 0.269. The van der Waals surface area contributed by atoms with Crippen LogP contribution in [0.25, 0.3) is 11.0 Å². The minimum atomic E-state index is -0.354. The molecule has 2 aromatic rings. The van der Waals surface area contributed by atoms with Gasteiger partial charge in [-0.3, -0.25) is 0 Å². The monoisotopic (exact) mass is 208 g/mol. The summed E-state index contributed by atoms with van der Waals surface area (Å²) in [6.45, 7) is 3.95. The van der Waals surface area contributed by atoms with E-state index in [1.165, 1.54) is 12.3 Å². The summed E-state index contributed by atoms with van der Waals surface area (Å²) < 4.78 is 14.9. The number of pyridine rings is 1. The van der Waals surface area contributed by atoms with Gasteiger partial charge in [0.25, 0.3) is 0 Å². The number of fused-ring (bicyclic) bond motifs is 1. The van der Waals surface area contributed by atoms with E-state index in [1.807, 2.05) is 18.4 Å². The fourth-order valence-electron chi connectivity index (χ4n) is 1.84. The van der Waals surface area contributed by atoms with Crippen molar-refractivity contribution in [2.75, 3.05) is 0 Å². The lowest BCUT2D eigenvalue weighted by Crippen LogP contribution is -2.06. The molecular weight excluding hydrogens is 195 g/mol. The van der Waals surface area contributed by atoms with Gasteiger partial charge in [0, 0.05) is 17.1 Å². The molecule has 3 nitrogen and oxygen atoms in total. The minimum Gasteiger partial charge on any atom is -0.390 e. The van der Waals surface area contributed by atoms with Gasteiger partial charge in [-0.15, -0.1) is 0 Å². The second kappa shape index (κ2) is 3.62. The largest absolute Gasteiger partial charge is 0.390 e. The Bertz CT molecular complexity index is 491. The van der Waals surface area contributed by atoms with Crippen molar-refractivity contribution in [2.24, 2.45) is 0 Å². The molecule has 0 atom stereocenters. The molecule has 0 amide bonds. The SMILES string of the molecule is CC(C)n1c(CO)cc2cc(F)cnc21. The van der Waals surface area contributed by atoms with Crippen LogP contribution in [0.4, 0.5) is 4.39 Å². The molecule has 2 rings (SSSR count). The summed E-state index contributed by atoms with van der Waals surface area (Å²) >= 11 is 0. The van der Waals surface area contributed by atoms with E-state index in [-0.39, 0.29) is 18.5 Å². The third kappa shape index (κ3) is 1.61. The van der Waals surface area contributed by atoms with Crippen molar-refractivity contribution < 1.29 is 9.50 Å². The number of hydrogen-bond acceptors (Lipinski definition) is 2. The van der Waals surface area contributed by atoms with Gasteiger partial charge in [-0.1, -0.05) is 0 Å². The van der Waals surface area contributed by atoms with E-state index in [0.29, 0.717) is 0 Å². The Kier molecular flexibility index (Phi) is 2.44. The van der Waals surface area contributed by atoms with E-state index in [4.69, 9.17) is 0 Å². The quantitative estimate of drug-likeness (QED) is 0.822. The van der Waals surface area contributed by atoms with Gasteiger partial charge in [0.05, 0.1) is 12.8 Å². The van der Waals surface area contributed by atoms with Crippen molar-refractivity contribution in [3.63, 3.8) is 0 Å². The topological polar surface area (TPSA) is 38.0 Å². The third-order valence-electron chi connectivity index (χ3n) is 2.40. The molecule has 0 aliphatic rings. The molecule has 2 heterocycles. The highest BCUT2D eigenvalue weighted by Gasteiger charge is 2.12. The van der Waals surface area contributed by atoms with E-state index in [0.717, 1.165) is 16.7 Å². The first-order chi connectivity index (χ1) is 7.13. The molecule has 0 unspecified atom stereocenters. The normalized spacial score (nSPS) is 11.5. The van der Waals surface area contributed by atoms with E-state index >= 15 is 0 Å². The van der Waals surface area contributed by atoms with Gasteiger partial charge in [0.2, 0.25) is 0 Å².